The van der Waals surface area contributed by atoms with E-state index in [9.17, 15) is 9.90 Å². The molecule has 6 aromatic rings. The van der Waals surface area contributed by atoms with E-state index in [0.29, 0.717) is 16.7 Å². The molecule has 0 bridgehead atoms. The van der Waals surface area contributed by atoms with E-state index in [0.717, 1.165) is 43.2 Å². The highest BCUT2D eigenvalue weighted by Gasteiger charge is 2.33. The Morgan fingerprint density at radius 2 is 1.59 bits per heavy atom. The second-order valence-electron chi connectivity index (χ2n) is 10.3. The number of anilines is 3. The number of ketones is 1. The molecule has 5 aromatic carbocycles. The lowest BCUT2D eigenvalue weighted by molar-refractivity contribution is 0.102. The smallest absolute Gasteiger partial charge is 0.192 e. The van der Waals surface area contributed by atoms with E-state index in [2.05, 4.69) is 60.4 Å². The fraction of sp³-hybridized carbons (Fsp3) is 0.0833. The van der Waals surface area contributed by atoms with Gasteiger partial charge in [-0.1, -0.05) is 60.7 Å². The zero-order valence-corrected chi connectivity index (χ0v) is 23.5. The van der Waals surface area contributed by atoms with Gasteiger partial charge in [0.05, 0.1) is 18.5 Å². The minimum Gasteiger partial charge on any atom is -0.497 e. The first-order valence-electron chi connectivity index (χ1n) is 13.5. The third-order valence-electron chi connectivity index (χ3n) is 7.82. The minimum atomic E-state index is -0.955. The van der Waals surface area contributed by atoms with Gasteiger partial charge in [0, 0.05) is 27.5 Å². The number of nitrogens with zero attached hydrogens (tertiary/aromatic N) is 1. The highest BCUT2D eigenvalue weighted by atomic mass is 32.1. The standard InChI is InChI=1S/C36H27NO3S/c1-22-14-16-33(29-13-6-5-12-28(22)29)37(25-10-7-11-26(20-25)40-2)34-17-15-27(41-34)21-32-35(38)30-18-23-8-3-4-9-24(23)19-31(30)36(32)39/h3-21,35,38H,1-2H3/b32-21+. The lowest BCUT2D eigenvalue weighted by Gasteiger charge is -2.26. The molecule has 0 radical (unpaired) electrons. The Hall–Kier alpha value is -4.71. The Labute approximate surface area is 242 Å². The van der Waals surface area contributed by atoms with E-state index >= 15 is 0 Å². The zero-order chi connectivity index (χ0) is 28.1. The van der Waals surface area contributed by atoms with Gasteiger partial charge < -0.3 is 14.7 Å². The summed E-state index contributed by atoms with van der Waals surface area (Å²) in [6.45, 7) is 2.13. The summed E-state index contributed by atoms with van der Waals surface area (Å²) in [6, 6.07) is 36.6. The van der Waals surface area contributed by atoms with Gasteiger partial charge >= 0.3 is 0 Å². The first-order chi connectivity index (χ1) is 20.0. The minimum absolute atomic E-state index is 0.123. The predicted molar refractivity (Wildman–Crippen MR) is 169 cm³/mol. The SMILES string of the molecule is COc1cccc(N(c2ccc(/C=C3/C(=O)c4cc5ccccc5cc4C3O)s2)c2ccc(C)c3ccccc23)c1. The summed E-state index contributed by atoms with van der Waals surface area (Å²) in [5.41, 5.74) is 4.88. The lowest BCUT2D eigenvalue weighted by Crippen LogP contribution is -2.09. The van der Waals surface area contributed by atoms with Gasteiger partial charge in [-0.25, -0.2) is 0 Å². The topological polar surface area (TPSA) is 49.8 Å². The predicted octanol–water partition coefficient (Wildman–Crippen LogP) is 9.15. The number of methoxy groups -OCH3 is 1. The van der Waals surface area contributed by atoms with Crippen molar-refractivity contribution in [2.75, 3.05) is 12.0 Å². The van der Waals surface area contributed by atoms with Gasteiger partial charge in [-0.2, -0.15) is 0 Å². The van der Waals surface area contributed by atoms with Gasteiger partial charge in [0.25, 0.3) is 0 Å². The van der Waals surface area contributed by atoms with Crippen molar-refractivity contribution in [2.24, 2.45) is 0 Å². The Bertz CT molecular complexity index is 2000. The van der Waals surface area contributed by atoms with Crippen LogP contribution in [0.15, 0.2) is 115 Å². The van der Waals surface area contributed by atoms with E-state index in [-0.39, 0.29) is 5.78 Å². The van der Waals surface area contributed by atoms with Gasteiger partial charge in [-0.05, 0) is 82.7 Å². The van der Waals surface area contributed by atoms with Crippen LogP contribution in [0.2, 0.25) is 0 Å². The molecule has 5 heteroatoms. The number of carbonyl (C=O) groups is 1. The zero-order valence-electron chi connectivity index (χ0n) is 22.7. The van der Waals surface area contributed by atoms with Crippen molar-refractivity contribution < 1.29 is 14.6 Å². The number of thiophene rings is 1. The first kappa shape index (κ1) is 25.3. The normalized spacial score (nSPS) is 15.5. The molecule has 0 saturated carbocycles. The van der Waals surface area contributed by atoms with Crippen LogP contribution in [0.5, 0.6) is 5.75 Å². The molecule has 1 heterocycles. The van der Waals surface area contributed by atoms with E-state index in [4.69, 9.17) is 4.74 Å². The van der Waals surface area contributed by atoms with Gasteiger partial charge in [-0.15, -0.1) is 11.3 Å². The van der Waals surface area contributed by atoms with Crippen LogP contribution < -0.4 is 9.64 Å². The van der Waals surface area contributed by atoms with Crippen LogP contribution in [0.1, 0.15) is 32.5 Å². The molecule has 0 fully saturated rings. The van der Waals surface area contributed by atoms with Crippen LogP contribution in [0.25, 0.3) is 27.6 Å². The van der Waals surface area contributed by atoms with Gasteiger partial charge in [0.2, 0.25) is 0 Å². The fourth-order valence-corrected chi connectivity index (χ4v) is 6.72. The van der Waals surface area contributed by atoms with Gasteiger partial charge in [0.15, 0.2) is 5.78 Å². The monoisotopic (exact) mass is 553 g/mol. The molecule has 0 aliphatic heterocycles. The number of aliphatic hydroxyl groups is 1. The number of aryl methyl sites for hydroxylation is 1. The third-order valence-corrected chi connectivity index (χ3v) is 8.83. The summed E-state index contributed by atoms with van der Waals surface area (Å²) in [5, 5.41) is 16.5. The molecular weight excluding hydrogens is 526 g/mol. The third kappa shape index (κ3) is 4.31. The van der Waals surface area contributed by atoms with E-state index in [1.807, 2.05) is 66.7 Å². The highest BCUT2D eigenvalue weighted by molar-refractivity contribution is 7.17. The van der Waals surface area contributed by atoms with Crippen LogP contribution in [0, 0.1) is 6.92 Å². The summed E-state index contributed by atoms with van der Waals surface area (Å²) in [5.74, 6) is 0.648. The van der Waals surface area contributed by atoms with Gasteiger partial charge in [-0.3, -0.25) is 4.79 Å². The lowest BCUT2D eigenvalue weighted by atomic mass is 10.0. The van der Waals surface area contributed by atoms with Crippen molar-refractivity contribution in [3.63, 3.8) is 0 Å². The molecule has 1 N–H and O–H groups in total. The number of carbonyl (C=O) groups excluding carboxylic acids is 1. The summed E-state index contributed by atoms with van der Waals surface area (Å²) in [7, 11) is 1.67. The number of hydrogen-bond acceptors (Lipinski definition) is 5. The number of rotatable bonds is 5. The molecule has 0 spiro atoms. The molecule has 4 nitrogen and oxygen atoms in total. The summed E-state index contributed by atoms with van der Waals surface area (Å²) in [6.07, 6.45) is 0.881. The average molecular weight is 554 g/mol. The molecule has 1 aliphatic carbocycles. The highest BCUT2D eigenvalue weighted by Crippen LogP contribution is 2.45. The van der Waals surface area contributed by atoms with Crippen molar-refractivity contribution in [3.05, 3.63) is 136 Å². The summed E-state index contributed by atoms with van der Waals surface area (Å²) in [4.78, 5) is 16.6. The second-order valence-corrected chi connectivity index (χ2v) is 11.4. The molecule has 200 valence electrons. The largest absolute Gasteiger partial charge is 0.497 e. The summed E-state index contributed by atoms with van der Waals surface area (Å²) >= 11 is 1.57. The van der Waals surface area contributed by atoms with Gasteiger partial charge in [0.1, 0.15) is 16.9 Å². The van der Waals surface area contributed by atoms with Crippen molar-refractivity contribution in [1.82, 2.24) is 0 Å². The number of ether oxygens (including phenoxy) is 1. The van der Waals surface area contributed by atoms with Crippen LogP contribution in [0.3, 0.4) is 0 Å². The van der Waals surface area contributed by atoms with Crippen LogP contribution in [-0.4, -0.2) is 18.0 Å². The molecule has 0 amide bonds. The molecule has 7 rings (SSSR count). The Balaban J connectivity index is 1.33. The maximum atomic E-state index is 13.4. The Morgan fingerprint density at radius 1 is 0.829 bits per heavy atom. The number of hydrogen-bond donors (Lipinski definition) is 1. The van der Waals surface area contributed by atoms with E-state index in [1.165, 1.54) is 10.9 Å². The maximum Gasteiger partial charge on any atom is 0.192 e. The van der Waals surface area contributed by atoms with E-state index in [1.54, 1.807) is 18.4 Å². The number of benzene rings is 5. The molecule has 1 atom stereocenters. The second kappa shape index (κ2) is 10.0. The molecule has 1 aliphatic rings. The van der Waals surface area contributed by atoms with Crippen molar-refractivity contribution in [3.8, 4) is 5.75 Å². The Kier molecular flexibility index (Phi) is 6.19. The Morgan fingerprint density at radius 3 is 2.39 bits per heavy atom. The van der Waals surface area contributed by atoms with Crippen molar-refractivity contribution >= 4 is 61.1 Å². The van der Waals surface area contributed by atoms with Crippen molar-refractivity contribution in [2.45, 2.75) is 13.0 Å². The van der Waals surface area contributed by atoms with E-state index < -0.39 is 6.10 Å². The number of fused-ring (bicyclic) bond motifs is 3. The van der Waals surface area contributed by atoms with Crippen molar-refractivity contribution in [1.29, 1.82) is 0 Å². The molecule has 1 unspecified atom stereocenters. The van der Waals surface area contributed by atoms with Crippen LogP contribution >= 0.6 is 11.3 Å². The molecule has 1 aromatic heterocycles. The average Bonchev–Trinajstić information content (AvgIpc) is 3.56. The quantitative estimate of drug-likeness (QED) is 0.216. The van der Waals surface area contributed by atoms with Crippen LogP contribution in [-0.2, 0) is 0 Å². The molecule has 41 heavy (non-hydrogen) atoms. The maximum absolute atomic E-state index is 13.4. The number of aliphatic hydroxyl groups excluding tert-OH is 1. The van der Waals surface area contributed by atoms with Crippen LogP contribution in [0.4, 0.5) is 16.4 Å². The first-order valence-corrected chi connectivity index (χ1v) is 14.3. The number of Topliss-reactive ketones (excluding diaryl/α,β-unsaturated/α-hetero) is 1. The molecular formula is C36H27NO3S. The summed E-state index contributed by atoms with van der Waals surface area (Å²) < 4.78 is 5.56. The fourth-order valence-electron chi connectivity index (χ4n) is 5.73. The molecule has 0 saturated heterocycles.